The molecule has 21 heteroatoms. The lowest BCUT2D eigenvalue weighted by atomic mass is 9.85. The van der Waals surface area contributed by atoms with E-state index in [-0.39, 0.29) is 57.4 Å². The van der Waals surface area contributed by atoms with Gasteiger partial charge in [0.2, 0.25) is 39.7 Å². The Hall–Kier alpha value is -4.56. The van der Waals surface area contributed by atoms with Crippen LogP contribution in [0, 0.1) is 23.2 Å². The van der Waals surface area contributed by atoms with Crippen molar-refractivity contribution in [3.63, 3.8) is 0 Å². The highest BCUT2D eigenvalue weighted by atomic mass is 32.2. The molecule has 1 saturated heterocycles. The van der Waals surface area contributed by atoms with E-state index in [2.05, 4.69) is 10.6 Å². The summed E-state index contributed by atoms with van der Waals surface area (Å²) in [6, 6.07) is 1.86. The fourth-order valence-electron chi connectivity index (χ4n) is 9.64. The van der Waals surface area contributed by atoms with E-state index < -0.39 is 117 Å². The van der Waals surface area contributed by atoms with Crippen molar-refractivity contribution in [2.45, 2.75) is 152 Å². The number of nitrogens with zero attached hydrogens (tertiary/aromatic N) is 3. The maximum Gasteiger partial charge on any atom is 0.428 e. The highest BCUT2D eigenvalue weighted by Gasteiger charge is 2.68. The number of methoxy groups -OCH3 is 1. The van der Waals surface area contributed by atoms with Gasteiger partial charge in [-0.25, -0.2) is 32.0 Å². The highest BCUT2D eigenvalue weighted by Crippen LogP contribution is 2.52. The summed E-state index contributed by atoms with van der Waals surface area (Å²) in [4.78, 5) is 67.8. The molecule has 348 valence electrons. The van der Waals surface area contributed by atoms with E-state index in [1.165, 1.54) is 7.11 Å². The molecule has 0 spiro atoms. The fourth-order valence-corrected chi connectivity index (χ4v) is 11.0. The normalized spacial score (nSPS) is 30.9. The number of halogens is 5. The van der Waals surface area contributed by atoms with Crippen LogP contribution in [0.2, 0.25) is 0 Å². The van der Waals surface area contributed by atoms with E-state index >= 15 is 13.2 Å². The standard InChI is InChI=1S/C42H55F5N6O9S/c1-6-25-30-21-53(31(25)34(54)51-40(20-26(40)33(43)44)37(56)52-63(58,59)24-15-16-24)36(55)32(39(2,3)4)50-38(57)62-41(42(45,46)47)18-10-12-22(41)11-8-7-9-13-28-35(61-30)49-29-19-23(60-5)14-17-27(29)48-28/h14,17,19,22,24-26,30-33H,6-13,15-16,18,20-21H2,1-5H3,(H,50,57)(H,51,54)(H,52,56)/t22?,25-,26+,30+,31+,32-,40-,41+/m1/s1. The number of carbonyl (C=O) groups is 4. The van der Waals surface area contributed by atoms with E-state index in [9.17, 15) is 36.4 Å². The van der Waals surface area contributed by atoms with Crippen LogP contribution in [0.15, 0.2) is 18.2 Å². The second-order valence-electron chi connectivity index (χ2n) is 18.7. The summed E-state index contributed by atoms with van der Waals surface area (Å²) in [7, 11) is -2.75. The minimum atomic E-state index is -4.94. The Balaban J connectivity index is 1.31. The number of sulfonamides is 1. The molecule has 8 atom stereocenters. The Bertz CT molecular complexity index is 2220. The van der Waals surface area contributed by atoms with E-state index in [0.29, 0.717) is 41.7 Å². The van der Waals surface area contributed by atoms with E-state index in [0.717, 1.165) is 4.90 Å². The van der Waals surface area contributed by atoms with Crippen LogP contribution in [0.5, 0.6) is 11.6 Å². The number of aromatic nitrogens is 2. The van der Waals surface area contributed by atoms with E-state index in [1.807, 2.05) is 4.72 Å². The third-order valence-electron chi connectivity index (χ3n) is 13.4. The number of carbonyl (C=O) groups excluding carboxylic acids is 4. The smallest absolute Gasteiger partial charge is 0.428 e. The summed E-state index contributed by atoms with van der Waals surface area (Å²) in [5.74, 6) is -6.56. The van der Waals surface area contributed by atoms with Crippen molar-refractivity contribution in [1.82, 2.24) is 30.2 Å². The summed E-state index contributed by atoms with van der Waals surface area (Å²) in [5, 5.41) is 3.92. The zero-order valence-electron chi connectivity index (χ0n) is 35.9. The fraction of sp³-hybridized carbons (Fsp3) is 0.714. The first kappa shape index (κ1) is 46.4. The van der Waals surface area contributed by atoms with Gasteiger partial charge in [0, 0.05) is 17.9 Å². The van der Waals surface area contributed by atoms with Crippen molar-refractivity contribution >= 4 is 44.9 Å². The van der Waals surface area contributed by atoms with Gasteiger partial charge in [0.15, 0.2) is 0 Å². The van der Waals surface area contributed by atoms with Crippen LogP contribution >= 0.6 is 0 Å². The number of benzene rings is 1. The van der Waals surface area contributed by atoms with Gasteiger partial charge in [-0.15, -0.1) is 0 Å². The number of rotatable bonds is 8. The van der Waals surface area contributed by atoms with E-state index in [4.69, 9.17) is 24.2 Å². The van der Waals surface area contributed by atoms with Gasteiger partial charge in [-0.05, 0) is 81.8 Å². The molecule has 0 radical (unpaired) electrons. The highest BCUT2D eigenvalue weighted by molar-refractivity contribution is 7.91. The lowest BCUT2D eigenvalue weighted by Crippen LogP contribution is -2.62. The first-order valence-corrected chi connectivity index (χ1v) is 23.1. The number of ether oxygens (including phenoxy) is 3. The predicted molar refractivity (Wildman–Crippen MR) is 216 cm³/mol. The maximum absolute atomic E-state index is 15.1. The summed E-state index contributed by atoms with van der Waals surface area (Å²) in [6.07, 6.45) is -8.95. The third kappa shape index (κ3) is 9.08. The number of fused-ring (bicyclic) bond motifs is 5. The van der Waals surface area contributed by atoms with Crippen LogP contribution in [-0.2, 0) is 35.6 Å². The molecule has 3 aliphatic carbocycles. The molecule has 3 heterocycles. The lowest BCUT2D eigenvalue weighted by molar-refractivity contribution is -0.271. The van der Waals surface area contributed by atoms with E-state index in [1.54, 1.807) is 45.9 Å². The molecule has 63 heavy (non-hydrogen) atoms. The lowest BCUT2D eigenvalue weighted by Gasteiger charge is -2.39. The average Bonchev–Trinajstić information content (AvgIpc) is 4.11. The minimum absolute atomic E-state index is 0.0656. The van der Waals surface area contributed by atoms with Gasteiger partial charge < -0.3 is 29.7 Å². The monoisotopic (exact) mass is 914 g/mol. The number of hydrogen-bond acceptors (Lipinski definition) is 11. The van der Waals surface area contributed by atoms with Crippen LogP contribution in [0.1, 0.15) is 104 Å². The first-order chi connectivity index (χ1) is 29.5. The number of nitrogens with one attached hydrogen (secondary N) is 3. The molecule has 4 fully saturated rings. The second-order valence-corrected chi connectivity index (χ2v) is 20.6. The van der Waals surface area contributed by atoms with Gasteiger partial charge in [0.1, 0.15) is 35.2 Å². The number of alkyl halides is 5. The van der Waals surface area contributed by atoms with Gasteiger partial charge in [0.05, 0.1) is 35.9 Å². The van der Waals surface area contributed by atoms with Gasteiger partial charge in [0.25, 0.3) is 5.91 Å². The van der Waals surface area contributed by atoms with Crippen molar-refractivity contribution in [3.8, 4) is 11.6 Å². The first-order valence-electron chi connectivity index (χ1n) is 21.6. The average molecular weight is 915 g/mol. The molecule has 5 aliphatic rings. The molecule has 7 rings (SSSR count). The molecular weight excluding hydrogens is 860 g/mol. The largest absolute Gasteiger partial charge is 0.497 e. The van der Waals surface area contributed by atoms with Crippen molar-refractivity contribution in [3.05, 3.63) is 23.9 Å². The summed E-state index contributed by atoms with van der Waals surface area (Å²) < 4.78 is 119. The Kier molecular flexibility index (Phi) is 12.6. The van der Waals surface area contributed by atoms with Crippen molar-refractivity contribution in [1.29, 1.82) is 0 Å². The molecule has 4 amide bonds. The van der Waals surface area contributed by atoms with Gasteiger partial charge in [-0.1, -0.05) is 40.5 Å². The SMILES string of the molecule is CC[C@@H]1[C@@H]2CN(C(=O)[C@H](C(C)(C)C)NC(=O)O[C@@]3(C(F)(F)F)CCCC3CCCCCc3nc4ccc(OC)cc4nc3O2)[C@@H]1C(=O)N[C@]1(C(=O)NS(=O)(=O)C2CC2)C[C@H]1C(F)F. The molecule has 2 aromatic rings. The molecule has 2 bridgehead atoms. The molecular formula is C42H55F5N6O9S. The maximum atomic E-state index is 15.1. The molecule has 15 nitrogen and oxygen atoms in total. The van der Waals surface area contributed by atoms with Gasteiger partial charge in [-0.2, -0.15) is 13.2 Å². The second kappa shape index (κ2) is 17.1. The van der Waals surface area contributed by atoms with Crippen LogP contribution < -0.4 is 24.8 Å². The topological polar surface area (TPSA) is 195 Å². The molecule has 3 N–H and O–H groups in total. The van der Waals surface area contributed by atoms with Crippen LogP contribution in [-0.4, -0.2) is 108 Å². The number of amides is 4. The predicted octanol–water partition coefficient (Wildman–Crippen LogP) is 5.73. The Morgan fingerprint density at radius 2 is 1.75 bits per heavy atom. The molecule has 1 aromatic heterocycles. The molecule has 2 aliphatic heterocycles. The Morgan fingerprint density at radius 3 is 2.37 bits per heavy atom. The van der Waals surface area contributed by atoms with Gasteiger partial charge in [-0.3, -0.25) is 19.1 Å². The van der Waals surface area contributed by atoms with Crippen molar-refractivity contribution < 1.29 is 63.8 Å². The zero-order chi connectivity index (χ0) is 45.9. The summed E-state index contributed by atoms with van der Waals surface area (Å²) in [6.45, 7) is 5.99. The third-order valence-corrected chi connectivity index (χ3v) is 15.2. The Labute approximate surface area is 362 Å². The zero-order valence-corrected chi connectivity index (χ0v) is 36.7. The number of aryl methyl sites for hydroxylation is 1. The van der Waals surface area contributed by atoms with Crippen LogP contribution in [0.4, 0.5) is 26.7 Å². The molecule has 1 aromatic carbocycles. The number of hydrogen-bond donors (Lipinski definition) is 3. The van der Waals surface area contributed by atoms with Crippen molar-refractivity contribution in [2.75, 3.05) is 13.7 Å². The van der Waals surface area contributed by atoms with Crippen LogP contribution in [0.3, 0.4) is 0 Å². The minimum Gasteiger partial charge on any atom is -0.497 e. The van der Waals surface area contributed by atoms with Gasteiger partial charge >= 0.3 is 12.3 Å². The Morgan fingerprint density at radius 1 is 1.03 bits per heavy atom. The number of alkyl carbamates (subject to hydrolysis) is 1. The summed E-state index contributed by atoms with van der Waals surface area (Å²) >= 11 is 0. The van der Waals surface area contributed by atoms with Crippen LogP contribution in [0.25, 0.3) is 11.0 Å². The molecule has 3 saturated carbocycles. The quantitative estimate of drug-likeness (QED) is 0.274. The molecule has 1 unspecified atom stereocenters. The van der Waals surface area contributed by atoms with Crippen molar-refractivity contribution in [2.24, 2.45) is 23.2 Å². The summed E-state index contributed by atoms with van der Waals surface area (Å²) in [5.41, 5.74) is -5.08.